The predicted octanol–water partition coefficient (Wildman–Crippen LogP) is 1.85. The van der Waals surface area contributed by atoms with Crippen molar-refractivity contribution in [3.05, 3.63) is 29.8 Å². The first-order valence-electron chi connectivity index (χ1n) is 7.92. The lowest BCUT2D eigenvalue weighted by Gasteiger charge is -2.14. The molecule has 0 radical (unpaired) electrons. The topological polar surface area (TPSA) is 73.6 Å². The van der Waals surface area contributed by atoms with Crippen molar-refractivity contribution < 1.29 is 14.3 Å². The maximum atomic E-state index is 12.0. The van der Waals surface area contributed by atoms with Gasteiger partial charge in [-0.25, -0.2) is 0 Å². The number of nitrogens with two attached hydrogens (primary N) is 1. The van der Waals surface area contributed by atoms with E-state index in [1.54, 1.807) is 7.11 Å². The molecule has 1 aromatic rings. The molecule has 5 heteroatoms. The Morgan fingerprint density at radius 1 is 1.27 bits per heavy atom. The lowest BCUT2D eigenvalue weighted by molar-refractivity contribution is -0.122. The summed E-state index contributed by atoms with van der Waals surface area (Å²) >= 11 is 0. The molecule has 22 heavy (non-hydrogen) atoms. The molecule has 0 heterocycles. The second-order valence-corrected chi connectivity index (χ2v) is 5.82. The first-order chi connectivity index (χ1) is 10.7. The molecule has 1 saturated carbocycles. The van der Waals surface area contributed by atoms with Crippen LogP contribution in [0.4, 0.5) is 0 Å². The van der Waals surface area contributed by atoms with Gasteiger partial charge in [-0.2, -0.15) is 0 Å². The van der Waals surface area contributed by atoms with E-state index >= 15 is 0 Å². The summed E-state index contributed by atoms with van der Waals surface area (Å²) in [6, 6.07) is 7.93. The van der Waals surface area contributed by atoms with Gasteiger partial charge in [0, 0.05) is 26.1 Å². The van der Waals surface area contributed by atoms with E-state index in [1.165, 1.54) is 0 Å². The number of rotatable bonds is 8. The SMILES string of the molecule is COCCOc1ccc(CNC(=O)C[C@@H]2CCC[C@H]2N)cc1. The standard InChI is InChI=1S/C17H26N2O3/c1-21-9-10-22-15-7-5-13(6-8-15)12-19-17(20)11-14-3-2-4-16(14)18/h5-8,14,16H,2-4,9-12,18H2,1H3,(H,19,20)/t14-,16+/m0/s1. The highest BCUT2D eigenvalue weighted by Crippen LogP contribution is 2.26. The van der Waals surface area contributed by atoms with Crippen molar-refractivity contribution in [2.45, 2.75) is 38.3 Å². The third-order valence-corrected chi connectivity index (χ3v) is 4.13. The number of nitrogens with one attached hydrogen (secondary N) is 1. The first-order valence-corrected chi connectivity index (χ1v) is 7.92. The molecule has 1 aromatic carbocycles. The summed E-state index contributed by atoms with van der Waals surface area (Å²) in [5.41, 5.74) is 7.06. The average molecular weight is 306 g/mol. The van der Waals surface area contributed by atoms with Crippen LogP contribution in [-0.4, -0.2) is 32.3 Å². The van der Waals surface area contributed by atoms with Crippen LogP contribution in [-0.2, 0) is 16.1 Å². The fraction of sp³-hybridized carbons (Fsp3) is 0.588. The normalized spacial score (nSPS) is 20.8. The number of benzene rings is 1. The van der Waals surface area contributed by atoms with Gasteiger partial charge in [0.15, 0.2) is 0 Å². The van der Waals surface area contributed by atoms with Gasteiger partial charge < -0.3 is 20.5 Å². The van der Waals surface area contributed by atoms with Crippen LogP contribution < -0.4 is 15.8 Å². The van der Waals surface area contributed by atoms with Crippen molar-refractivity contribution in [3.8, 4) is 5.75 Å². The van der Waals surface area contributed by atoms with E-state index in [0.717, 1.165) is 30.6 Å². The number of ether oxygens (including phenoxy) is 2. The monoisotopic (exact) mass is 306 g/mol. The Hall–Kier alpha value is -1.59. The van der Waals surface area contributed by atoms with Gasteiger partial charge in [0.25, 0.3) is 0 Å². The number of carbonyl (C=O) groups is 1. The molecule has 122 valence electrons. The molecule has 2 rings (SSSR count). The smallest absolute Gasteiger partial charge is 0.220 e. The van der Waals surface area contributed by atoms with Gasteiger partial charge in [0.1, 0.15) is 12.4 Å². The second kappa shape index (κ2) is 8.76. The fourth-order valence-electron chi connectivity index (χ4n) is 2.78. The van der Waals surface area contributed by atoms with Crippen LogP contribution in [0.1, 0.15) is 31.2 Å². The fourth-order valence-corrected chi connectivity index (χ4v) is 2.78. The van der Waals surface area contributed by atoms with Crippen molar-refractivity contribution >= 4 is 5.91 Å². The van der Waals surface area contributed by atoms with Crippen LogP contribution in [0.15, 0.2) is 24.3 Å². The first kappa shape index (κ1) is 16.8. The largest absolute Gasteiger partial charge is 0.491 e. The summed E-state index contributed by atoms with van der Waals surface area (Å²) < 4.78 is 10.4. The van der Waals surface area contributed by atoms with Crippen LogP contribution in [0.25, 0.3) is 0 Å². The summed E-state index contributed by atoms with van der Waals surface area (Å²) in [7, 11) is 1.65. The lowest BCUT2D eigenvalue weighted by atomic mass is 10.00. The third-order valence-electron chi connectivity index (χ3n) is 4.13. The van der Waals surface area contributed by atoms with Crippen molar-refractivity contribution in [1.29, 1.82) is 0 Å². The molecular formula is C17H26N2O3. The molecule has 0 spiro atoms. The van der Waals surface area contributed by atoms with Crippen LogP contribution in [0, 0.1) is 5.92 Å². The molecule has 0 aromatic heterocycles. The van der Waals surface area contributed by atoms with Crippen LogP contribution in [0.3, 0.4) is 0 Å². The van der Waals surface area contributed by atoms with Gasteiger partial charge in [-0.1, -0.05) is 18.6 Å². The van der Waals surface area contributed by atoms with E-state index in [4.69, 9.17) is 15.2 Å². The Labute approximate surface area is 132 Å². The zero-order valence-corrected chi connectivity index (χ0v) is 13.2. The van der Waals surface area contributed by atoms with Crippen LogP contribution in [0.2, 0.25) is 0 Å². The Morgan fingerprint density at radius 2 is 2.05 bits per heavy atom. The molecule has 1 amide bonds. The highest BCUT2D eigenvalue weighted by Gasteiger charge is 2.25. The van der Waals surface area contributed by atoms with E-state index in [0.29, 0.717) is 32.1 Å². The molecule has 3 N–H and O–H groups in total. The summed E-state index contributed by atoms with van der Waals surface area (Å²) in [4.78, 5) is 12.0. The lowest BCUT2D eigenvalue weighted by Crippen LogP contribution is -2.31. The predicted molar refractivity (Wildman–Crippen MR) is 85.6 cm³/mol. The van der Waals surface area contributed by atoms with E-state index in [1.807, 2.05) is 24.3 Å². The molecule has 0 unspecified atom stereocenters. The van der Waals surface area contributed by atoms with Crippen LogP contribution >= 0.6 is 0 Å². The van der Waals surface area contributed by atoms with Crippen molar-refractivity contribution in [2.75, 3.05) is 20.3 Å². The van der Waals surface area contributed by atoms with Gasteiger partial charge in [0.05, 0.1) is 6.61 Å². The second-order valence-electron chi connectivity index (χ2n) is 5.82. The molecule has 1 aliphatic rings. The molecule has 0 aliphatic heterocycles. The number of hydrogen-bond donors (Lipinski definition) is 2. The minimum absolute atomic E-state index is 0.0859. The maximum Gasteiger partial charge on any atom is 0.220 e. The van der Waals surface area contributed by atoms with E-state index in [-0.39, 0.29) is 11.9 Å². The number of amides is 1. The number of hydrogen-bond acceptors (Lipinski definition) is 4. The third kappa shape index (κ3) is 5.31. The average Bonchev–Trinajstić information content (AvgIpc) is 2.92. The van der Waals surface area contributed by atoms with Crippen molar-refractivity contribution in [1.82, 2.24) is 5.32 Å². The Kier molecular flexibility index (Phi) is 6.68. The minimum Gasteiger partial charge on any atom is -0.491 e. The summed E-state index contributed by atoms with van der Waals surface area (Å²) in [5.74, 6) is 1.24. The maximum absolute atomic E-state index is 12.0. The molecule has 1 fully saturated rings. The number of methoxy groups -OCH3 is 1. The summed E-state index contributed by atoms with van der Waals surface area (Å²) in [6.07, 6.45) is 3.80. The summed E-state index contributed by atoms with van der Waals surface area (Å²) in [5, 5.41) is 2.96. The quantitative estimate of drug-likeness (QED) is 0.719. The van der Waals surface area contributed by atoms with Gasteiger partial charge in [-0.3, -0.25) is 4.79 Å². The van der Waals surface area contributed by atoms with Crippen LogP contribution in [0.5, 0.6) is 5.75 Å². The Balaban J connectivity index is 1.70. The minimum atomic E-state index is 0.0859. The molecular weight excluding hydrogens is 280 g/mol. The van der Waals surface area contributed by atoms with Gasteiger partial charge >= 0.3 is 0 Å². The highest BCUT2D eigenvalue weighted by atomic mass is 16.5. The van der Waals surface area contributed by atoms with Gasteiger partial charge in [0.2, 0.25) is 5.91 Å². The van der Waals surface area contributed by atoms with Gasteiger partial charge in [-0.15, -0.1) is 0 Å². The van der Waals surface area contributed by atoms with Gasteiger partial charge in [-0.05, 0) is 36.5 Å². The number of carbonyl (C=O) groups excluding carboxylic acids is 1. The Morgan fingerprint density at radius 3 is 2.68 bits per heavy atom. The Bertz CT molecular complexity index is 461. The molecule has 5 nitrogen and oxygen atoms in total. The van der Waals surface area contributed by atoms with E-state index in [2.05, 4.69) is 5.32 Å². The van der Waals surface area contributed by atoms with E-state index in [9.17, 15) is 4.79 Å². The molecule has 2 atom stereocenters. The van der Waals surface area contributed by atoms with Crippen molar-refractivity contribution in [3.63, 3.8) is 0 Å². The zero-order chi connectivity index (χ0) is 15.8. The molecule has 0 bridgehead atoms. The van der Waals surface area contributed by atoms with Crippen molar-refractivity contribution in [2.24, 2.45) is 11.7 Å². The zero-order valence-electron chi connectivity index (χ0n) is 13.2. The summed E-state index contributed by atoms with van der Waals surface area (Å²) in [6.45, 7) is 1.65. The van der Waals surface area contributed by atoms with E-state index < -0.39 is 0 Å². The molecule has 0 saturated heterocycles. The highest BCUT2D eigenvalue weighted by molar-refractivity contribution is 5.76. The molecule has 1 aliphatic carbocycles.